The lowest BCUT2D eigenvalue weighted by Gasteiger charge is -2.04. The van der Waals surface area contributed by atoms with Crippen LogP contribution in [0.4, 0.5) is 5.95 Å². The molecule has 1 N–H and O–H groups in total. The maximum absolute atomic E-state index is 11.5. The van der Waals surface area contributed by atoms with Gasteiger partial charge in [0.25, 0.3) is 5.91 Å². The molecule has 0 bridgehead atoms. The first-order valence-corrected chi connectivity index (χ1v) is 5.08. The average molecular weight is 238 g/mol. The molecule has 1 heterocycles. The van der Waals surface area contributed by atoms with E-state index in [1.165, 1.54) is 17.0 Å². The van der Waals surface area contributed by atoms with Crippen molar-refractivity contribution in [3.63, 3.8) is 0 Å². The molecule has 1 aromatic rings. The Kier molecular flexibility index (Phi) is 4.38. The fraction of sp³-hybridized carbons (Fsp3) is 0.400. The Morgan fingerprint density at radius 2 is 2.41 bits per heavy atom. The minimum atomic E-state index is -0.621. The third-order valence-corrected chi connectivity index (χ3v) is 2.23. The summed E-state index contributed by atoms with van der Waals surface area (Å²) in [4.78, 5) is 25.0. The van der Waals surface area contributed by atoms with E-state index in [1.54, 1.807) is 0 Å². The number of hydrogen-bond donors (Lipinski definition) is 1. The Morgan fingerprint density at radius 1 is 1.71 bits per heavy atom. The summed E-state index contributed by atoms with van der Waals surface area (Å²) in [7, 11) is 0. The zero-order chi connectivity index (χ0) is 12.8. The number of amides is 1. The van der Waals surface area contributed by atoms with Gasteiger partial charge in [0.05, 0.1) is 0 Å². The number of nitrogens with one attached hydrogen (secondary N) is 1. The Balaban J connectivity index is 2.56. The fourth-order valence-corrected chi connectivity index (χ4v) is 1.15. The molecule has 0 saturated carbocycles. The normalized spacial score (nSPS) is 11.3. The quantitative estimate of drug-likeness (QED) is 0.468. The number of rotatable bonds is 5. The van der Waals surface area contributed by atoms with Crippen LogP contribution < -0.4 is 5.32 Å². The van der Waals surface area contributed by atoms with Gasteiger partial charge in [-0.2, -0.15) is 0 Å². The predicted octanol–water partition coefficient (Wildman–Crippen LogP) is 0.874. The van der Waals surface area contributed by atoms with Crippen molar-refractivity contribution in [2.75, 3.05) is 6.54 Å². The number of hydrogen-bond acceptors (Lipinski definition) is 4. The lowest BCUT2D eigenvalue weighted by molar-refractivity contribution is -0.396. The highest BCUT2D eigenvalue weighted by Gasteiger charge is 2.16. The van der Waals surface area contributed by atoms with Crippen LogP contribution in [0, 0.1) is 10.1 Å². The van der Waals surface area contributed by atoms with Gasteiger partial charge in [0, 0.05) is 6.54 Å². The molecule has 7 heteroatoms. The number of carbonyl (C=O) groups excluding carboxylic acids is 1. The summed E-state index contributed by atoms with van der Waals surface area (Å²) in [5.74, 6) is -0.616. The predicted molar refractivity (Wildman–Crippen MR) is 61.3 cm³/mol. The highest BCUT2D eigenvalue weighted by molar-refractivity contribution is 5.76. The van der Waals surface area contributed by atoms with Crippen molar-refractivity contribution in [2.24, 2.45) is 0 Å². The minimum absolute atomic E-state index is 0.104. The van der Waals surface area contributed by atoms with Crippen molar-refractivity contribution in [3.8, 4) is 0 Å². The molecular weight excluding hydrogens is 224 g/mol. The Bertz CT molecular complexity index is 450. The standard InChI is InChI=1S/C10H14N4O3/c1-3-8(2)6-12-9(15)7-13-5-4-11-10(13)14(16)17/h3-5H,6-7H2,1-2H3,(H,12,15). The van der Waals surface area contributed by atoms with Crippen molar-refractivity contribution in [3.05, 3.63) is 34.2 Å². The molecule has 0 aliphatic carbocycles. The van der Waals surface area contributed by atoms with Gasteiger partial charge in [0.2, 0.25) is 0 Å². The van der Waals surface area contributed by atoms with Crippen LogP contribution >= 0.6 is 0 Å². The topological polar surface area (TPSA) is 90.1 Å². The van der Waals surface area contributed by atoms with Crippen LogP contribution in [0.15, 0.2) is 24.0 Å². The monoisotopic (exact) mass is 238 g/mol. The van der Waals surface area contributed by atoms with Gasteiger partial charge in [0.1, 0.15) is 12.4 Å². The average Bonchev–Trinajstić information content (AvgIpc) is 2.74. The Labute approximate surface area is 98.3 Å². The van der Waals surface area contributed by atoms with Crippen molar-refractivity contribution in [1.29, 1.82) is 0 Å². The second-order valence-corrected chi connectivity index (χ2v) is 3.52. The fourth-order valence-electron chi connectivity index (χ4n) is 1.15. The molecule has 0 atom stereocenters. The van der Waals surface area contributed by atoms with Crippen LogP contribution in [0.1, 0.15) is 13.8 Å². The zero-order valence-corrected chi connectivity index (χ0v) is 9.71. The second-order valence-electron chi connectivity index (χ2n) is 3.52. The summed E-state index contributed by atoms with van der Waals surface area (Å²) in [6.45, 7) is 4.10. The molecule has 0 saturated heterocycles. The molecular formula is C10H14N4O3. The molecule has 0 aliphatic rings. The first kappa shape index (κ1) is 12.9. The largest absolute Gasteiger partial charge is 0.435 e. The van der Waals surface area contributed by atoms with E-state index in [9.17, 15) is 14.9 Å². The molecule has 0 aromatic carbocycles. The zero-order valence-electron chi connectivity index (χ0n) is 9.71. The van der Waals surface area contributed by atoms with Gasteiger partial charge in [-0.05, 0) is 18.8 Å². The van der Waals surface area contributed by atoms with Gasteiger partial charge in [-0.1, -0.05) is 16.6 Å². The first-order valence-electron chi connectivity index (χ1n) is 5.08. The lowest BCUT2D eigenvalue weighted by atomic mass is 10.3. The SMILES string of the molecule is CC=C(C)CNC(=O)Cn1ccnc1[N+](=O)[O-]. The highest BCUT2D eigenvalue weighted by Crippen LogP contribution is 2.06. The van der Waals surface area contributed by atoms with Crippen LogP contribution in [0.5, 0.6) is 0 Å². The molecule has 1 rings (SSSR count). The van der Waals surface area contributed by atoms with Crippen LogP contribution in [0.25, 0.3) is 0 Å². The maximum Gasteiger partial charge on any atom is 0.435 e. The van der Waals surface area contributed by atoms with Gasteiger partial charge in [0.15, 0.2) is 6.54 Å². The molecule has 0 unspecified atom stereocenters. The van der Waals surface area contributed by atoms with Crippen molar-refractivity contribution in [1.82, 2.24) is 14.9 Å². The van der Waals surface area contributed by atoms with E-state index in [4.69, 9.17) is 0 Å². The maximum atomic E-state index is 11.5. The van der Waals surface area contributed by atoms with Crippen LogP contribution in [0.2, 0.25) is 0 Å². The number of nitro groups is 1. The molecule has 92 valence electrons. The van der Waals surface area contributed by atoms with E-state index in [0.29, 0.717) is 6.54 Å². The van der Waals surface area contributed by atoms with Crippen molar-refractivity contribution >= 4 is 11.9 Å². The third-order valence-electron chi connectivity index (χ3n) is 2.23. The summed E-state index contributed by atoms with van der Waals surface area (Å²) in [5.41, 5.74) is 1.03. The number of aromatic nitrogens is 2. The summed E-state index contributed by atoms with van der Waals surface area (Å²) in [6, 6.07) is 0. The number of carbonyl (C=O) groups is 1. The van der Waals surface area contributed by atoms with Gasteiger partial charge >= 0.3 is 5.95 Å². The van der Waals surface area contributed by atoms with E-state index in [0.717, 1.165) is 5.57 Å². The molecule has 0 spiro atoms. The van der Waals surface area contributed by atoms with Gasteiger partial charge in [-0.25, -0.2) is 4.57 Å². The van der Waals surface area contributed by atoms with Crippen molar-refractivity contribution in [2.45, 2.75) is 20.4 Å². The summed E-state index contributed by atoms with van der Waals surface area (Å²) in [5, 5.41) is 13.2. The molecule has 17 heavy (non-hydrogen) atoms. The Morgan fingerprint density at radius 3 is 3.00 bits per heavy atom. The van der Waals surface area contributed by atoms with Gasteiger partial charge in [-0.3, -0.25) is 4.79 Å². The molecule has 0 radical (unpaired) electrons. The van der Waals surface area contributed by atoms with E-state index >= 15 is 0 Å². The van der Waals surface area contributed by atoms with Crippen LogP contribution in [0.3, 0.4) is 0 Å². The van der Waals surface area contributed by atoms with Crippen LogP contribution in [-0.2, 0) is 11.3 Å². The highest BCUT2D eigenvalue weighted by atomic mass is 16.6. The molecule has 7 nitrogen and oxygen atoms in total. The third kappa shape index (κ3) is 3.71. The smallest absolute Gasteiger partial charge is 0.390 e. The molecule has 0 fully saturated rings. The number of nitrogens with zero attached hydrogens (tertiary/aromatic N) is 3. The van der Waals surface area contributed by atoms with E-state index in [-0.39, 0.29) is 18.4 Å². The summed E-state index contributed by atoms with van der Waals surface area (Å²) in [6.07, 6.45) is 4.59. The van der Waals surface area contributed by atoms with Gasteiger partial charge < -0.3 is 15.4 Å². The van der Waals surface area contributed by atoms with E-state index < -0.39 is 4.92 Å². The minimum Gasteiger partial charge on any atom is -0.390 e. The number of imidazole rings is 1. The lowest BCUT2D eigenvalue weighted by Crippen LogP contribution is -2.29. The van der Waals surface area contributed by atoms with Gasteiger partial charge in [-0.15, -0.1) is 0 Å². The molecule has 1 aromatic heterocycles. The van der Waals surface area contributed by atoms with E-state index in [2.05, 4.69) is 10.3 Å². The van der Waals surface area contributed by atoms with Crippen molar-refractivity contribution < 1.29 is 9.72 Å². The second kappa shape index (κ2) is 5.78. The summed E-state index contributed by atoms with van der Waals surface area (Å²) >= 11 is 0. The van der Waals surface area contributed by atoms with Crippen LogP contribution in [-0.4, -0.2) is 26.9 Å². The molecule has 0 aliphatic heterocycles. The molecule has 1 amide bonds. The number of allylic oxidation sites excluding steroid dienone is 1. The van der Waals surface area contributed by atoms with E-state index in [1.807, 2.05) is 19.9 Å². The summed E-state index contributed by atoms with van der Waals surface area (Å²) < 4.78 is 1.19. The Hall–Kier alpha value is -2.18. The first-order chi connectivity index (χ1) is 8.04.